The first-order chi connectivity index (χ1) is 19.9. The van der Waals surface area contributed by atoms with Crippen LogP contribution in [0.5, 0.6) is 0 Å². The van der Waals surface area contributed by atoms with Gasteiger partial charge in [0.1, 0.15) is 11.9 Å². The molecule has 0 saturated heterocycles. The van der Waals surface area contributed by atoms with Gasteiger partial charge in [-0.25, -0.2) is 15.0 Å². The summed E-state index contributed by atoms with van der Waals surface area (Å²) in [5.74, 6) is 0.147. The van der Waals surface area contributed by atoms with Crippen LogP contribution in [-0.2, 0) is 13.6 Å². The average molecular weight is 558 g/mol. The zero-order valence-corrected chi connectivity index (χ0v) is 23.7. The van der Waals surface area contributed by atoms with Crippen LogP contribution in [0.2, 0.25) is 0 Å². The Labute approximate surface area is 241 Å². The van der Waals surface area contributed by atoms with E-state index < -0.39 is 0 Å². The molecule has 41 heavy (non-hydrogen) atoms. The highest BCUT2D eigenvalue weighted by atomic mass is 32.1. The second kappa shape index (κ2) is 10.8. The Morgan fingerprint density at radius 1 is 1.05 bits per heavy atom. The second-order valence-corrected chi connectivity index (χ2v) is 11.2. The fraction of sp³-hybridized carbons (Fsp3) is 0.156. The van der Waals surface area contributed by atoms with E-state index in [2.05, 4.69) is 62.0 Å². The van der Waals surface area contributed by atoms with Gasteiger partial charge in [-0.1, -0.05) is 42.0 Å². The molecule has 0 spiro atoms. The van der Waals surface area contributed by atoms with Crippen molar-refractivity contribution in [2.24, 2.45) is 7.05 Å². The lowest BCUT2D eigenvalue weighted by molar-refractivity contribution is 0.0940. The number of nitriles is 1. The molecule has 6 aromatic rings. The van der Waals surface area contributed by atoms with E-state index in [1.807, 2.05) is 55.9 Å². The van der Waals surface area contributed by atoms with Crippen molar-refractivity contribution in [3.63, 3.8) is 0 Å². The standard InChI is InChI=1S/C32H27N7OS/c1-19-4-6-22(7-5-19)20(2)38-32(40)27-12-21(14-33)15-34-30(27)36-17-25-10-11-28(41-25)23-8-9-24-16-35-31-29(26(24)13-23)39(3)18-37-31/h4-13,15-16,18,20H,17H2,1-3H3,(H,34,36)(H,38,40)/t20-/m0/s1. The number of thiophene rings is 1. The Morgan fingerprint density at radius 2 is 1.88 bits per heavy atom. The Balaban J connectivity index is 1.21. The van der Waals surface area contributed by atoms with E-state index in [0.29, 0.717) is 23.5 Å². The number of benzene rings is 2. The molecule has 6 rings (SSSR count). The smallest absolute Gasteiger partial charge is 0.255 e. The normalized spacial score (nSPS) is 11.9. The first-order valence-electron chi connectivity index (χ1n) is 13.2. The van der Waals surface area contributed by atoms with Gasteiger partial charge in [-0.3, -0.25) is 4.79 Å². The summed E-state index contributed by atoms with van der Waals surface area (Å²) in [5.41, 5.74) is 5.69. The van der Waals surface area contributed by atoms with Gasteiger partial charge < -0.3 is 15.2 Å². The summed E-state index contributed by atoms with van der Waals surface area (Å²) in [6.45, 7) is 4.45. The minimum atomic E-state index is -0.288. The molecule has 0 unspecified atom stereocenters. The zero-order valence-electron chi connectivity index (χ0n) is 22.8. The number of hydrogen-bond acceptors (Lipinski definition) is 7. The van der Waals surface area contributed by atoms with Crippen molar-refractivity contribution in [1.29, 1.82) is 5.26 Å². The monoisotopic (exact) mass is 557 g/mol. The fourth-order valence-corrected chi connectivity index (χ4v) is 5.78. The Morgan fingerprint density at radius 3 is 2.68 bits per heavy atom. The van der Waals surface area contributed by atoms with E-state index in [1.165, 1.54) is 6.20 Å². The molecule has 0 aliphatic rings. The number of imidazole rings is 1. The zero-order chi connectivity index (χ0) is 28.5. The van der Waals surface area contributed by atoms with Gasteiger partial charge in [-0.15, -0.1) is 11.3 Å². The first kappa shape index (κ1) is 26.2. The van der Waals surface area contributed by atoms with Gasteiger partial charge in [-0.05, 0) is 49.2 Å². The van der Waals surface area contributed by atoms with E-state index >= 15 is 0 Å². The van der Waals surface area contributed by atoms with Crippen LogP contribution in [0.3, 0.4) is 0 Å². The molecule has 0 saturated carbocycles. The van der Waals surface area contributed by atoms with Crippen LogP contribution in [0.1, 0.15) is 44.9 Å². The van der Waals surface area contributed by atoms with Crippen molar-refractivity contribution >= 4 is 45.0 Å². The van der Waals surface area contributed by atoms with Crippen molar-refractivity contribution in [1.82, 2.24) is 24.8 Å². The lowest BCUT2D eigenvalue weighted by atomic mass is 10.1. The number of nitrogens with zero attached hydrogens (tertiary/aromatic N) is 5. The number of amides is 1. The maximum absolute atomic E-state index is 13.3. The van der Waals surface area contributed by atoms with Crippen LogP contribution < -0.4 is 10.6 Å². The molecule has 0 bridgehead atoms. The maximum Gasteiger partial charge on any atom is 0.255 e. The molecule has 4 heterocycles. The summed E-state index contributed by atoms with van der Waals surface area (Å²) in [7, 11) is 1.98. The molecule has 202 valence electrons. The predicted octanol–water partition coefficient (Wildman–Crippen LogP) is 6.53. The number of rotatable bonds is 7. The number of pyridine rings is 2. The van der Waals surface area contributed by atoms with Crippen molar-refractivity contribution < 1.29 is 4.79 Å². The molecule has 9 heteroatoms. The van der Waals surface area contributed by atoms with Gasteiger partial charge in [0.05, 0.1) is 35.6 Å². The predicted molar refractivity (Wildman–Crippen MR) is 163 cm³/mol. The molecule has 1 atom stereocenters. The van der Waals surface area contributed by atoms with E-state index in [0.717, 1.165) is 48.4 Å². The Bertz CT molecular complexity index is 1950. The molecular weight excluding hydrogens is 530 g/mol. The molecule has 2 N–H and O–H groups in total. The molecule has 8 nitrogen and oxygen atoms in total. The van der Waals surface area contributed by atoms with Gasteiger partial charge >= 0.3 is 0 Å². The van der Waals surface area contributed by atoms with E-state index in [4.69, 9.17) is 0 Å². The number of hydrogen-bond donors (Lipinski definition) is 2. The van der Waals surface area contributed by atoms with Crippen LogP contribution >= 0.6 is 11.3 Å². The Kier molecular flexibility index (Phi) is 6.91. The topological polar surface area (TPSA) is 109 Å². The van der Waals surface area contributed by atoms with Gasteiger partial charge in [-0.2, -0.15) is 5.26 Å². The van der Waals surface area contributed by atoms with E-state index in [1.54, 1.807) is 23.7 Å². The van der Waals surface area contributed by atoms with Crippen LogP contribution in [0, 0.1) is 18.3 Å². The van der Waals surface area contributed by atoms with Crippen molar-refractivity contribution in [3.05, 3.63) is 107 Å². The van der Waals surface area contributed by atoms with Gasteiger partial charge in [0.25, 0.3) is 5.91 Å². The third-order valence-corrected chi connectivity index (χ3v) is 8.25. The SMILES string of the molecule is Cc1ccc([C@H](C)NC(=O)c2cc(C#N)cnc2NCc2ccc(-c3ccc4cnc5ncn(C)c5c4c3)s2)cc1. The highest BCUT2D eigenvalue weighted by Gasteiger charge is 2.18. The molecule has 0 aliphatic heterocycles. The van der Waals surface area contributed by atoms with Crippen molar-refractivity contribution in [2.45, 2.75) is 26.4 Å². The summed E-state index contributed by atoms with van der Waals surface area (Å²) >= 11 is 1.68. The number of carbonyl (C=O) groups excluding carboxylic acids is 1. The number of aromatic nitrogens is 4. The minimum Gasteiger partial charge on any atom is -0.365 e. The number of nitrogens with one attached hydrogen (secondary N) is 2. The quantitative estimate of drug-likeness (QED) is 0.231. The molecule has 0 radical (unpaired) electrons. The summed E-state index contributed by atoms with van der Waals surface area (Å²) in [4.78, 5) is 28.8. The molecule has 2 aromatic carbocycles. The summed E-state index contributed by atoms with van der Waals surface area (Å²) < 4.78 is 2.00. The van der Waals surface area contributed by atoms with Gasteiger partial charge in [0.15, 0.2) is 5.65 Å². The first-order valence-corrected chi connectivity index (χ1v) is 14.0. The second-order valence-electron chi connectivity index (χ2n) is 10.0. The lowest BCUT2D eigenvalue weighted by Crippen LogP contribution is -2.27. The fourth-order valence-electron chi connectivity index (χ4n) is 4.83. The molecule has 4 aromatic heterocycles. The Hall–Kier alpha value is -5.07. The van der Waals surface area contributed by atoms with Crippen LogP contribution in [0.4, 0.5) is 5.82 Å². The summed E-state index contributed by atoms with van der Waals surface area (Å²) in [6, 6.07) is 22.1. The van der Waals surface area contributed by atoms with Crippen LogP contribution in [-0.4, -0.2) is 25.4 Å². The highest BCUT2D eigenvalue weighted by molar-refractivity contribution is 7.15. The minimum absolute atomic E-state index is 0.202. The van der Waals surface area contributed by atoms with Crippen molar-refractivity contribution in [2.75, 3.05) is 5.32 Å². The van der Waals surface area contributed by atoms with Gasteiger partial charge in [0.2, 0.25) is 0 Å². The number of anilines is 1. The number of fused-ring (bicyclic) bond motifs is 3. The maximum atomic E-state index is 13.3. The molecule has 1 amide bonds. The third kappa shape index (κ3) is 5.25. The van der Waals surface area contributed by atoms with Crippen LogP contribution in [0.25, 0.3) is 32.4 Å². The third-order valence-electron chi connectivity index (χ3n) is 7.11. The van der Waals surface area contributed by atoms with E-state index in [9.17, 15) is 10.1 Å². The lowest BCUT2D eigenvalue weighted by Gasteiger charge is -2.16. The molecule has 0 fully saturated rings. The van der Waals surface area contributed by atoms with Gasteiger partial charge in [0, 0.05) is 40.0 Å². The number of aryl methyl sites for hydroxylation is 2. The van der Waals surface area contributed by atoms with Crippen molar-refractivity contribution in [3.8, 4) is 16.5 Å². The van der Waals surface area contributed by atoms with E-state index in [-0.39, 0.29) is 11.9 Å². The number of carbonyl (C=O) groups is 1. The average Bonchev–Trinajstić information content (AvgIpc) is 3.63. The molecule has 0 aliphatic carbocycles. The highest BCUT2D eigenvalue weighted by Crippen LogP contribution is 2.33. The molecular formula is C32H27N7OS. The summed E-state index contributed by atoms with van der Waals surface area (Å²) in [5, 5.41) is 17.9. The van der Waals surface area contributed by atoms with Crippen LogP contribution in [0.15, 0.2) is 79.4 Å². The summed E-state index contributed by atoms with van der Waals surface area (Å²) in [6.07, 6.45) is 5.12. The largest absolute Gasteiger partial charge is 0.365 e.